The van der Waals surface area contributed by atoms with Crippen LogP contribution in [-0.2, 0) is 20.8 Å². The molecule has 1 saturated heterocycles. The molecule has 2 aromatic rings. The molecule has 2 amide bonds. The Labute approximate surface area is 239 Å². The third kappa shape index (κ3) is 5.95. The maximum Gasteiger partial charge on any atom is 0.490 e. The van der Waals surface area contributed by atoms with E-state index in [1.165, 1.54) is 24.2 Å². The van der Waals surface area contributed by atoms with Gasteiger partial charge in [-0.2, -0.15) is 18.4 Å². The minimum atomic E-state index is -5.08. The van der Waals surface area contributed by atoms with E-state index in [9.17, 15) is 32.4 Å². The summed E-state index contributed by atoms with van der Waals surface area (Å²) in [6.07, 6.45) is 2.77. The topological polar surface area (TPSA) is 152 Å². The van der Waals surface area contributed by atoms with Gasteiger partial charge in [-0.3, -0.25) is 9.59 Å². The molecule has 4 saturated carbocycles. The monoisotopic (exact) mass is 591 g/mol. The highest BCUT2D eigenvalue weighted by molar-refractivity contribution is 5.98. The van der Waals surface area contributed by atoms with Crippen molar-refractivity contribution in [2.24, 2.45) is 28.9 Å². The molecule has 0 spiro atoms. The van der Waals surface area contributed by atoms with Crippen LogP contribution in [0.3, 0.4) is 0 Å². The first-order valence-corrected chi connectivity index (χ1v) is 14.1. The summed E-state index contributed by atoms with van der Waals surface area (Å²) in [5.41, 5.74) is 8.51. The first-order valence-electron chi connectivity index (χ1n) is 14.1. The zero-order chi connectivity index (χ0) is 30.4. The highest BCUT2D eigenvalue weighted by Crippen LogP contribution is 2.60. The van der Waals surface area contributed by atoms with E-state index < -0.39 is 36.3 Å². The molecule has 13 heteroatoms. The highest BCUT2D eigenvalue weighted by atomic mass is 19.4. The van der Waals surface area contributed by atoms with Crippen LogP contribution in [-0.4, -0.2) is 63.8 Å². The molecular weight excluding hydrogens is 558 g/mol. The van der Waals surface area contributed by atoms with E-state index in [2.05, 4.69) is 10.3 Å². The lowest BCUT2D eigenvalue weighted by Gasteiger charge is -2.55. The number of aromatic nitrogens is 1. The number of carbonyl (C=O) groups is 3. The van der Waals surface area contributed by atoms with Gasteiger partial charge in [0.25, 0.3) is 0 Å². The van der Waals surface area contributed by atoms with E-state index in [4.69, 9.17) is 15.6 Å². The van der Waals surface area contributed by atoms with Gasteiger partial charge in [0, 0.05) is 29.2 Å². The summed E-state index contributed by atoms with van der Waals surface area (Å²) in [6.45, 7) is -0.0842. The lowest BCUT2D eigenvalue weighted by Crippen LogP contribution is -2.51. The van der Waals surface area contributed by atoms with Crippen LogP contribution >= 0.6 is 0 Å². The van der Waals surface area contributed by atoms with Crippen molar-refractivity contribution in [2.45, 2.75) is 75.8 Å². The number of likely N-dealkylation sites (tertiary alicyclic amines) is 1. The van der Waals surface area contributed by atoms with E-state index in [1.807, 2.05) is 30.5 Å². The summed E-state index contributed by atoms with van der Waals surface area (Å²) in [5, 5.41) is 20.5. The molecule has 5 aliphatic rings. The summed E-state index contributed by atoms with van der Waals surface area (Å²) < 4.78 is 45.5. The lowest BCUT2D eigenvalue weighted by molar-refractivity contribution is -0.192. The van der Waals surface area contributed by atoms with Gasteiger partial charge in [-0.25, -0.2) is 9.18 Å². The van der Waals surface area contributed by atoms with Gasteiger partial charge in [0.2, 0.25) is 11.8 Å². The van der Waals surface area contributed by atoms with Crippen LogP contribution in [0, 0.1) is 34.5 Å². The molecular formula is C29H33F4N5O4. The van der Waals surface area contributed by atoms with Gasteiger partial charge < -0.3 is 26.0 Å². The van der Waals surface area contributed by atoms with Crippen molar-refractivity contribution in [1.82, 2.24) is 9.88 Å². The van der Waals surface area contributed by atoms with Crippen molar-refractivity contribution >= 4 is 34.4 Å². The van der Waals surface area contributed by atoms with Crippen molar-refractivity contribution in [3.63, 3.8) is 0 Å². The summed E-state index contributed by atoms with van der Waals surface area (Å²) in [4.78, 5) is 39.7. The highest BCUT2D eigenvalue weighted by Gasteiger charge is 2.54. The number of benzene rings is 1. The number of carboxylic acids is 1. The predicted octanol–water partition coefficient (Wildman–Crippen LogP) is 4.29. The van der Waals surface area contributed by atoms with Gasteiger partial charge in [-0.1, -0.05) is 0 Å². The van der Waals surface area contributed by atoms with Crippen LogP contribution in [0.25, 0.3) is 10.9 Å². The van der Waals surface area contributed by atoms with Gasteiger partial charge in [-0.15, -0.1) is 0 Å². The average molecular weight is 592 g/mol. The van der Waals surface area contributed by atoms with Gasteiger partial charge in [-0.05, 0) is 86.5 Å². The van der Waals surface area contributed by atoms with Gasteiger partial charge in [0.1, 0.15) is 12.2 Å². The summed E-state index contributed by atoms with van der Waals surface area (Å²) in [5.74, 6) is -0.904. The molecule has 1 unspecified atom stereocenters. The van der Waals surface area contributed by atoms with E-state index in [0.717, 1.165) is 41.4 Å². The largest absolute Gasteiger partial charge is 0.490 e. The standard InChI is InChI=1S/C27H32FN5O2.C2HF3O2/c28-19-7-21(12-29)33(14-19)25(34)23(30)6-18-13-31-24-2-1-20(8-22(18)24)32-26(35)27-9-15-3-16(10-27)5-17(4-15)11-27;3-2(4,5)1(6)7/h1-2,8,13,15-17,19,21,23,31H,3-7,9-11,14,30H2,(H,32,35);(H,6,7)/t15?,16?,17?,19-,21-,23?,27?;/m0./s1. The number of hydrogen-bond acceptors (Lipinski definition) is 5. The van der Waals surface area contributed by atoms with Crippen molar-refractivity contribution in [1.29, 1.82) is 5.26 Å². The molecule has 9 nitrogen and oxygen atoms in total. The number of carboxylic acid groups (broad SMARTS) is 1. The number of rotatable bonds is 5. The van der Waals surface area contributed by atoms with Gasteiger partial charge in [0.15, 0.2) is 0 Å². The summed E-state index contributed by atoms with van der Waals surface area (Å²) in [7, 11) is 0. The number of aliphatic carboxylic acids is 1. The Morgan fingerprint density at radius 3 is 2.29 bits per heavy atom. The van der Waals surface area contributed by atoms with Gasteiger partial charge in [0.05, 0.1) is 24.1 Å². The Morgan fingerprint density at radius 1 is 1.14 bits per heavy atom. The molecule has 226 valence electrons. The maximum atomic E-state index is 13.8. The van der Waals surface area contributed by atoms with E-state index in [1.54, 1.807) is 0 Å². The summed E-state index contributed by atoms with van der Waals surface area (Å²) in [6, 6.07) is 6.15. The zero-order valence-corrected chi connectivity index (χ0v) is 22.8. The Hall–Kier alpha value is -3.66. The number of hydrogen-bond donors (Lipinski definition) is 4. The lowest BCUT2D eigenvalue weighted by atomic mass is 9.49. The predicted molar refractivity (Wildman–Crippen MR) is 144 cm³/mol. The normalized spacial score (nSPS) is 30.4. The van der Waals surface area contributed by atoms with Crippen molar-refractivity contribution < 1.29 is 37.1 Å². The molecule has 0 radical (unpaired) electrons. The third-order valence-corrected chi connectivity index (χ3v) is 9.23. The molecule has 2 heterocycles. The van der Waals surface area contributed by atoms with E-state index in [0.29, 0.717) is 17.8 Å². The van der Waals surface area contributed by atoms with Crippen molar-refractivity contribution in [2.75, 3.05) is 11.9 Å². The maximum absolute atomic E-state index is 13.8. The first kappa shape index (κ1) is 29.8. The molecule has 4 aliphatic carbocycles. The summed E-state index contributed by atoms with van der Waals surface area (Å²) >= 11 is 0. The second kappa shape index (κ2) is 11.2. The quantitative estimate of drug-likeness (QED) is 0.381. The average Bonchev–Trinajstić information content (AvgIpc) is 3.49. The number of nitrogens with zero attached hydrogens (tertiary/aromatic N) is 2. The fourth-order valence-electron chi connectivity index (χ4n) is 7.77. The molecule has 5 N–H and O–H groups in total. The molecule has 3 atom stereocenters. The number of amides is 2. The minimum Gasteiger partial charge on any atom is -0.475 e. The molecule has 42 heavy (non-hydrogen) atoms. The SMILES string of the molecule is N#C[C@@H]1C[C@H](F)CN1C(=O)C(N)Cc1c[nH]c2ccc(NC(=O)C34CC5CC(CC(C5)C3)C4)cc12.O=C(O)C(F)(F)F. The number of H-pyrrole nitrogens is 1. The van der Waals surface area contributed by atoms with Crippen LogP contribution in [0.5, 0.6) is 0 Å². The number of fused-ring (bicyclic) bond motifs is 1. The van der Waals surface area contributed by atoms with E-state index >= 15 is 0 Å². The molecule has 1 aromatic heterocycles. The van der Waals surface area contributed by atoms with Gasteiger partial charge >= 0.3 is 12.1 Å². The Bertz CT molecular complexity index is 1380. The number of carbonyl (C=O) groups excluding carboxylic acids is 2. The molecule has 1 aliphatic heterocycles. The van der Waals surface area contributed by atoms with Crippen LogP contribution in [0.15, 0.2) is 24.4 Å². The van der Waals surface area contributed by atoms with Crippen molar-refractivity contribution in [3.05, 3.63) is 30.0 Å². The number of aromatic amines is 1. The Balaban J connectivity index is 0.000000451. The number of anilines is 1. The Kier molecular flexibility index (Phi) is 7.96. The fourth-order valence-corrected chi connectivity index (χ4v) is 7.77. The minimum absolute atomic E-state index is 0.0365. The fraction of sp³-hybridized carbons (Fsp3) is 0.586. The smallest absolute Gasteiger partial charge is 0.475 e. The third-order valence-electron chi connectivity index (χ3n) is 9.23. The number of halogens is 4. The number of alkyl halides is 4. The number of nitrogens with one attached hydrogen (secondary N) is 2. The van der Waals surface area contributed by atoms with E-state index in [-0.39, 0.29) is 30.7 Å². The molecule has 4 bridgehead atoms. The molecule has 5 fully saturated rings. The van der Waals surface area contributed by atoms with Crippen LogP contribution in [0.4, 0.5) is 23.2 Å². The van der Waals surface area contributed by atoms with Crippen molar-refractivity contribution in [3.8, 4) is 6.07 Å². The van der Waals surface area contributed by atoms with Crippen LogP contribution in [0.2, 0.25) is 0 Å². The molecule has 1 aromatic carbocycles. The molecule has 7 rings (SSSR count). The second-order valence-electron chi connectivity index (χ2n) is 12.3. The number of nitriles is 1. The van der Waals surface area contributed by atoms with Crippen LogP contribution in [0.1, 0.15) is 50.5 Å². The first-order chi connectivity index (χ1) is 19.8. The number of nitrogens with two attached hydrogens (primary N) is 1. The van der Waals surface area contributed by atoms with Crippen LogP contribution < -0.4 is 11.1 Å². The Morgan fingerprint density at radius 2 is 1.74 bits per heavy atom. The zero-order valence-electron chi connectivity index (χ0n) is 22.8. The second-order valence-corrected chi connectivity index (χ2v) is 12.3.